The fourth-order valence-electron chi connectivity index (χ4n) is 2.62. The third-order valence-electron chi connectivity index (χ3n) is 3.79. The van der Waals surface area contributed by atoms with Crippen molar-refractivity contribution in [2.75, 3.05) is 11.9 Å². The van der Waals surface area contributed by atoms with Gasteiger partial charge in [0.25, 0.3) is 0 Å². The van der Waals surface area contributed by atoms with Gasteiger partial charge in [-0.05, 0) is 13.3 Å². The Labute approximate surface area is 143 Å². The van der Waals surface area contributed by atoms with Crippen molar-refractivity contribution in [3.8, 4) is 0 Å². The van der Waals surface area contributed by atoms with Gasteiger partial charge in [-0.2, -0.15) is 4.98 Å². The largest absolute Gasteiger partial charge is 0.391 e. The maximum absolute atomic E-state index is 12.5. The summed E-state index contributed by atoms with van der Waals surface area (Å²) in [5.41, 5.74) is 0. The molecule has 2 N–H and O–H groups in total. The molecule has 3 rings (SSSR count). The highest BCUT2D eigenvalue weighted by Crippen LogP contribution is 2.32. The zero-order valence-corrected chi connectivity index (χ0v) is 14.4. The van der Waals surface area contributed by atoms with Gasteiger partial charge >= 0.3 is 6.03 Å². The van der Waals surface area contributed by atoms with Gasteiger partial charge in [0, 0.05) is 19.4 Å². The first kappa shape index (κ1) is 16.8. The fraction of sp³-hybridized carbons (Fsp3) is 0.643. The van der Waals surface area contributed by atoms with Gasteiger partial charge < -0.3 is 14.5 Å². The summed E-state index contributed by atoms with van der Waals surface area (Å²) in [6.07, 6.45) is 2.73. The maximum Gasteiger partial charge on any atom is 0.324 e. The molecule has 2 aromatic heterocycles. The standard InChI is InChI=1S/C14H20N6O3S/c1-3-4-5-11-17-18-13(24-11)16-14(22)20-7-9(21)6-10(20)12-15-8(2)19-23-12/h9-10,21H,3-7H2,1-2H3,(H,16,18,22)/t9-,10-/m1/s1. The molecule has 130 valence electrons. The number of aromatic nitrogens is 4. The molecule has 1 aliphatic heterocycles. The van der Waals surface area contributed by atoms with Crippen molar-refractivity contribution in [3.63, 3.8) is 0 Å². The van der Waals surface area contributed by atoms with E-state index in [1.54, 1.807) is 6.92 Å². The molecule has 0 saturated carbocycles. The Morgan fingerprint density at radius 2 is 2.33 bits per heavy atom. The predicted octanol–water partition coefficient (Wildman–Crippen LogP) is 1.91. The number of carbonyl (C=O) groups excluding carboxylic acids is 1. The molecule has 0 unspecified atom stereocenters. The molecule has 1 fully saturated rings. The summed E-state index contributed by atoms with van der Waals surface area (Å²) in [7, 11) is 0. The van der Waals surface area contributed by atoms with E-state index in [4.69, 9.17) is 4.52 Å². The monoisotopic (exact) mass is 352 g/mol. The van der Waals surface area contributed by atoms with Crippen LogP contribution < -0.4 is 5.32 Å². The first-order chi connectivity index (χ1) is 11.6. The maximum atomic E-state index is 12.5. The molecule has 0 aliphatic carbocycles. The topological polar surface area (TPSA) is 117 Å². The normalized spacial score (nSPS) is 20.5. The van der Waals surface area contributed by atoms with Crippen molar-refractivity contribution in [1.82, 2.24) is 25.2 Å². The van der Waals surface area contributed by atoms with Crippen LogP contribution in [0.5, 0.6) is 0 Å². The number of urea groups is 1. The summed E-state index contributed by atoms with van der Waals surface area (Å²) < 4.78 is 5.16. The SMILES string of the molecule is CCCCc1nnc(NC(=O)N2C[C@H](O)C[C@@H]2c2nc(C)no2)s1. The summed E-state index contributed by atoms with van der Waals surface area (Å²) in [5, 5.41) is 25.8. The molecule has 10 heteroatoms. The van der Waals surface area contributed by atoms with Crippen LogP contribution in [0, 0.1) is 6.92 Å². The lowest BCUT2D eigenvalue weighted by atomic mass is 10.2. The lowest BCUT2D eigenvalue weighted by Crippen LogP contribution is -2.35. The van der Waals surface area contributed by atoms with Crippen LogP contribution in [0.3, 0.4) is 0 Å². The molecule has 2 atom stereocenters. The van der Waals surface area contributed by atoms with Crippen LogP contribution >= 0.6 is 11.3 Å². The highest BCUT2D eigenvalue weighted by Gasteiger charge is 2.39. The Kier molecular flexibility index (Phi) is 5.05. The van der Waals surface area contributed by atoms with E-state index in [9.17, 15) is 9.90 Å². The van der Waals surface area contributed by atoms with Gasteiger partial charge in [-0.25, -0.2) is 4.79 Å². The Morgan fingerprint density at radius 3 is 3.04 bits per heavy atom. The van der Waals surface area contributed by atoms with E-state index in [-0.39, 0.29) is 12.6 Å². The van der Waals surface area contributed by atoms with Crippen molar-refractivity contribution in [2.24, 2.45) is 0 Å². The van der Waals surface area contributed by atoms with E-state index >= 15 is 0 Å². The smallest absolute Gasteiger partial charge is 0.324 e. The molecule has 0 bridgehead atoms. The Balaban J connectivity index is 1.67. The molecular formula is C14H20N6O3S. The molecule has 1 aliphatic rings. The fourth-order valence-corrected chi connectivity index (χ4v) is 3.39. The number of aryl methyl sites for hydroxylation is 2. The van der Waals surface area contributed by atoms with Crippen LogP contribution in [0.15, 0.2) is 4.52 Å². The Bertz CT molecular complexity index is 702. The molecule has 0 radical (unpaired) electrons. The highest BCUT2D eigenvalue weighted by atomic mass is 32.1. The van der Waals surface area contributed by atoms with Crippen LogP contribution in [0.25, 0.3) is 0 Å². The van der Waals surface area contributed by atoms with Gasteiger partial charge in [-0.3, -0.25) is 5.32 Å². The Morgan fingerprint density at radius 1 is 1.50 bits per heavy atom. The molecule has 0 spiro atoms. The summed E-state index contributed by atoms with van der Waals surface area (Å²) in [5.74, 6) is 0.830. The number of β-amino-alcohol motifs (C(OH)–C–C–N with tert-alkyl or cyclic N) is 1. The van der Waals surface area contributed by atoms with E-state index < -0.39 is 12.1 Å². The minimum absolute atomic E-state index is 0.208. The Hall–Kier alpha value is -2.07. The lowest BCUT2D eigenvalue weighted by Gasteiger charge is -2.20. The van der Waals surface area contributed by atoms with E-state index in [1.807, 2.05) is 0 Å². The average Bonchev–Trinajstić information content (AvgIpc) is 3.25. The quantitative estimate of drug-likeness (QED) is 0.844. The summed E-state index contributed by atoms with van der Waals surface area (Å²) >= 11 is 1.37. The molecule has 2 aromatic rings. The van der Waals surface area contributed by atoms with Crippen LogP contribution in [0.2, 0.25) is 0 Å². The molecule has 1 saturated heterocycles. The number of rotatable bonds is 5. The first-order valence-electron chi connectivity index (χ1n) is 7.95. The van der Waals surface area contributed by atoms with Gasteiger partial charge in [0.15, 0.2) is 5.82 Å². The zero-order chi connectivity index (χ0) is 17.1. The number of hydrogen-bond donors (Lipinski definition) is 2. The van der Waals surface area contributed by atoms with E-state index in [1.165, 1.54) is 16.2 Å². The van der Waals surface area contributed by atoms with Crippen LogP contribution in [-0.2, 0) is 6.42 Å². The van der Waals surface area contributed by atoms with Crippen molar-refractivity contribution < 1.29 is 14.4 Å². The number of unbranched alkanes of at least 4 members (excludes halogenated alkanes) is 1. The van der Waals surface area contributed by atoms with E-state index in [0.717, 1.165) is 24.3 Å². The number of aliphatic hydroxyl groups is 1. The second-order valence-corrected chi connectivity index (χ2v) is 6.83. The van der Waals surface area contributed by atoms with Gasteiger partial charge in [-0.15, -0.1) is 10.2 Å². The highest BCUT2D eigenvalue weighted by molar-refractivity contribution is 7.15. The molecule has 24 heavy (non-hydrogen) atoms. The zero-order valence-electron chi connectivity index (χ0n) is 13.6. The second kappa shape index (κ2) is 7.22. The van der Waals surface area contributed by atoms with Gasteiger partial charge in [0.05, 0.1) is 6.10 Å². The van der Waals surface area contributed by atoms with Crippen LogP contribution in [-0.4, -0.2) is 49.0 Å². The van der Waals surface area contributed by atoms with Gasteiger partial charge in [-0.1, -0.05) is 29.8 Å². The minimum atomic E-state index is -0.623. The number of carbonyl (C=O) groups is 1. The third-order valence-corrected chi connectivity index (χ3v) is 4.69. The van der Waals surface area contributed by atoms with E-state index in [0.29, 0.717) is 23.3 Å². The van der Waals surface area contributed by atoms with Crippen molar-refractivity contribution in [3.05, 3.63) is 16.7 Å². The second-order valence-electron chi connectivity index (χ2n) is 5.77. The van der Waals surface area contributed by atoms with Gasteiger partial charge in [0.1, 0.15) is 11.0 Å². The van der Waals surface area contributed by atoms with Crippen molar-refractivity contribution in [2.45, 2.75) is 51.7 Å². The molecule has 3 heterocycles. The number of aliphatic hydroxyl groups excluding tert-OH is 1. The van der Waals surface area contributed by atoms with Gasteiger partial charge in [0.2, 0.25) is 11.0 Å². The lowest BCUT2D eigenvalue weighted by molar-refractivity contribution is 0.174. The van der Waals surface area contributed by atoms with E-state index in [2.05, 4.69) is 32.6 Å². The number of likely N-dealkylation sites (tertiary alicyclic amines) is 1. The van der Waals surface area contributed by atoms with Crippen molar-refractivity contribution in [1.29, 1.82) is 0 Å². The third kappa shape index (κ3) is 3.70. The number of nitrogens with zero attached hydrogens (tertiary/aromatic N) is 5. The number of hydrogen-bond acceptors (Lipinski definition) is 8. The molecule has 9 nitrogen and oxygen atoms in total. The van der Waals surface area contributed by atoms with Crippen molar-refractivity contribution >= 4 is 22.5 Å². The van der Waals surface area contributed by atoms with Crippen LogP contribution in [0.4, 0.5) is 9.93 Å². The molecular weight excluding hydrogens is 332 g/mol. The summed E-state index contributed by atoms with van der Waals surface area (Å²) in [4.78, 5) is 18.2. The summed E-state index contributed by atoms with van der Waals surface area (Å²) in [6, 6.07) is -0.792. The average molecular weight is 352 g/mol. The number of amides is 2. The minimum Gasteiger partial charge on any atom is -0.391 e. The number of nitrogens with one attached hydrogen (secondary N) is 1. The number of anilines is 1. The van der Waals surface area contributed by atoms with Crippen LogP contribution in [0.1, 0.15) is 49.0 Å². The summed E-state index contributed by atoms with van der Waals surface area (Å²) in [6.45, 7) is 4.03. The molecule has 0 aromatic carbocycles. The predicted molar refractivity (Wildman–Crippen MR) is 86.6 cm³/mol. The molecule has 2 amide bonds. The first-order valence-corrected chi connectivity index (χ1v) is 8.76.